The van der Waals surface area contributed by atoms with Gasteiger partial charge in [-0.1, -0.05) is 116 Å². The number of aliphatic hydroxyl groups excluding tert-OH is 1. The van der Waals surface area contributed by atoms with Crippen molar-refractivity contribution in [1.29, 1.82) is 0 Å². The number of aromatic nitrogens is 3. The molecule has 16 unspecified atom stereocenters. The number of imidazole rings is 1. The van der Waals surface area contributed by atoms with Gasteiger partial charge in [0.1, 0.15) is 5.75 Å². The quantitative estimate of drug-likeness (QED) is 0.0226. The Labute approximate surface area is 552 Å². The molecule has 0 radical (unpaired) electrons. The summed E-state index contributed by atoms with van der Waals surface area (Å²) in [7, 11) is 0. The van der Waals surface area contributed by atoms with E-state index < -0.39 is 11.5 Å². The van der Waals surface area contributed by atoms with Gasteiger partial charge in [-0.3, -0.25) is 0 Å². The number of aryl methyl sites for hydroxylation is 1. The zero-order chi connectivity index (χ0) is 63.5. The first-order valence-corrected chi connectivity index (χ1v) is 36.0. The van der Waals surface area contributed by atoms with Crippen molar-refractivity contribution in [2.24, 2.45) is 51.8 Å². The molecule has 7 fully saturated rings. The largest absolute Gasteiger partial charge is 0.507 e. The molecule has 0 amide bonds. The molecule has 5 aromatic carbocycles. The number of H-pyrrole nitrogens is 2. The topological polar surface area (TPSA) is 211 Å². The number of allylic oxidation sites excluding steroid dienone is 1. The van der Waals surface area contributed by atoms with Crippen LogP contribution in [0.3, 0.4) is 0 Å². The number of aromatic amines is 2. The Morgan fingerprint density at radius 1 is 0.723 bits per heavy atom. The van der Waals surface area contributed by atoms with E-state index in [-0.39, 0.29) is 86.4 Å². The number of piperidine rings is 2. The van der Waals surface area contributed by atoms with Crippen molar-refractivity contribution in [1.82, 2.24) is 30.9 Å². The lowest BCUT2D eigenvalue weighted by molar-refractivity contribution is -0.217. The number of phenols is 5. The molecule has 10 aliphatic rings. The number of ether oxygens (including phenoxy) is 1. The van der Waals surface area contributed by atoms with Gasteiger partial charge in [0.05, 0.1) is 17.8 Å². The summed E-state index contributed by atoms with van der Waals surface area (Å²) in [5, 5.41) is 82.2. The van der Waals surface area contributed by atoms with Gasteiger partial charge in [-0.2, -0.15) is 0 Å². The fourth-order valence-corrected chi connectivity index (χ4v) is 23.1. The van der Waals surface area contributed by atoms with Gasteiger partial charge in [-0.15, -0.1) is 0 Å². The number of hydrogen-bond acceptors (Lipinski definition) is 11. The fourth-order valence-electron chi connectivity index (χ4n) is 23.1. The number of rotatable bonds is 13. The second-order valence-electron chi connectivity index (χ2n) is 31.0. The summed E-state index contributed by atoms with van der Waals surface area (Å²) in [5.41, 5.74) is 12.3. The zero-order valence-electron chi connectivity index (χ0n) is 54.2. The van der Waals surface area contributed by atoms with Gasteiger partial charge in [0.25, 0.3) is 0 Å². The number of nitrogens with zero attached hydrogens (tertiary/aromatic N) is 1. The van der Waals surface area contributed by atoms with Gasteiger partial charge < -0.3 is 61.3 Å². The predicted molar refractivity (Wildman–Crippen MR) is 368 cm³/mol. The van der Waals surface area contributed by atoms with Crippen LogP contribution in [0, 0.1) is 51.8 Å². The van der Waals surface area contributed by atoms with E-state index in [1.54, 1.807) is 23.8 Å². The Hall–Kier alpha value is -7.13. The Balaban J connectivity index is 0.733. The smallest absolute Gasteiger partial charge is 0.169 e. The van der Waals surface area contributed by atoms with Crippen LogP contribution < -0.4 is 16.0 Å². The summed E-state index contributed by atoms with van der Waals surface area (Å²) >= 11 is 0. The van der Waals surface area contributed by atoms with Crippen LogP contribution in [0.25, 0.3) is 22.9 Å². The van der Waals surface area contributed by atoms with Crippen molar-refractivity contribution in [3.05, 3.63) is 189 Å². The lowest BCUT2D eigenvalue weighted by Crippen LogP contribution is -2.78. The Morgan fingerprint density at radius 2 is 1.60 bits per heavy atom. The third kappa shape index (κ3) is 9.72. The first kappa shape index (κ1) is 60.5. The maximum absolute atomic E-state index is 13.3. The molecule has 13 heteroatoms. The number of nitrogens with one attached hydrogen (secondary N) is 5. The molecule has 6 aliphatic carbocycles. The van der Waals surface area contributed by atoms with Gasteiger partial charge in [0.15, 0.2) is 23.0 Å². The van der Waals surface area contributed by atoms with Crippen LogP contribution in [-0.4, -0.2) is 96.1 Å². The maximum atomic E-state index is 13.3. The minimum absolute atomic E-state index is 0.000498. The molecular formula is C81H94N6O7. The summed E-state index contributed by atoms with van der Waals surface area (Å²) < 4.78 is 5.95. The van der Waals surface area contributed by atoms with Crippen LogP contribution in [-0.2, 0) is 42.3 Å². The second kappa shape index (κ2) is 23.9. The molecule has 11 N–H and O–H groups in total. The summed E-state index contributed by atoms with van der Waals surface area (Å²) in [5.74, 6) is 1.73. The lowest BCUT2D eigenvalue weighted by Gasteiger charge is -2.75. The van der Waals surface area contributed by atoms with Gasteiger partial charge >= 0.3 is 0 Å². The van der Waals surface area contributed by atoms with Crippen LogP contribution in [0.15, 0.2) is 134 Å². The van der Waals surface area contributed by atoms with E-state index in [1.165, 1.54) is 122 Å². The van der Waals surface area contributed by atoms with Crippen molar-refractivity contribution in [3.63, 3.8) is 0 Å². The summed E-state index contributed by atoms with van der Waals surface area (Å²) in [6.07, 6.45) is 38.7. The van der Waals surface area contributed by atoms with Crippen LogP contribution >= 0.6 is 0 Å². The summed E-state index contributed by atoms with van der Waals surface area (Å²) in [4.78, 5) is 12.7. The van der Waals surface area contributed by atoms with E-state index in [0.29, 0.717) is 64.5 Å². The Bertz CT molecular complexity index is 4070. The molecule has 4 saturated carbocycles. The third-order valence-corrected chi connectivity index (χ3v) is 27.0. The zero-order valence-corrected chi connectivity index (χ0v) is 54.2. The first-order chi connectivity index (χ1) is 45.9. The minimum atomic E-state index is -0.570. The highest BCUT2D eigenvalue weighted by Gasteiger charge is 2.78. The number of phenolic OH excluding ortho intramolecular Hbond substituents is 5. The first-order valence-electron chi connectivity index (χ1n) is 36.0. The highest BCUT2D eigenvalue weighted by Crippen LogP contribution is 2.79. The SMILES string of the molecule is Oc1ccc(C=Cc2c(CCc3ccc(C4CC5(CC6NC(C5)C(c5ccccc5)C=C6CNCCc5c[nH]c6c5CCCC5COCCC5C6)C5CC6CCCC67CCC68CCCC6C=CC(O)C8C7(c6cnc[nH]6)C5N4)cc3)c(O)c(O)c3c(O)cccc23)cc1O. The van der Waals surface area contributed by atoms with Crippen molar-refractivity contribution in [3.8, 4) is 28.7 Å². The number of aliphatic hydroxyl groups is 1. The van der Waals surface area contributed by atoms with Crippen molar-refractivity contribution >= 4 is 22.9 Å². The van der Waals surface area contributed by atoms with Crippen molar-refractivity contribution in [2.45, 2.75) is 170 Å². The number of hydrogen-bond donors (Lipinski definition) is 11. The van der Waals surface area contributed by atoms with Gasteiger partial charge in [-0.05, 0) is 236 Å². The molecule has 6 heterocycles. The molecule has 3 spiro atoms. The van der Waals surface area contributed by atoms with Crippen LogP contribution in [0.5, 0.6) is 28.7 Å². The molecule has 7 aromatic rings. The molecule has 16 atom stereocenters. The molecule has 490 valence electrons. The van der Waals surface area contributed by atoms with Gasteiger partial charge in [0, 0.05) is 90.5 Å². The van der Waals surface area contributed by atoms with E-state index in [0.717, 1.165) is 76.8 Å². The summed E-state index contributed by atoms with van der Waals surface area (Å²) in [6, 6.07) is 30.8. The number of aromatic hydroxyl groups is 5. The van der Waals surface area contributed by atoms with Crippen molar-refractivity contribution < 1.29 is 35.4 Å². The average Bonchev–Trinajstić information content (AvgIpc) is 0.733. The molecule has 94 heavy (non-hydrogen) atoms. The van der Waals surface area contributed by atoms with Gasteiger partial charge in [-0.25, -0.2) is 4.98 Å². The maximum Gasteiger partial charge on any atom is 0.169 e. The monoisotopic (exact) mass is 1260 g/mol. The van der Waals surface area contributed by atoms with E-state index >= 15 is 0 Å². The van der Waals surface area contributed by atoms with E-state index in [2.05, 4.69) is 106 Å². The summed E-state index contributed by atoms with van der Waals surface area (Å²) in [6.45, 7) is 3.57. The van der Waals surface area contributed by atoms with E-state index in [1.807, 2.05) is 18.5 Å². The average molecular weight is 1260 g/mol. The molecule has 3 saturated heterocycles. The molecule has 17 rings (SSSR count). The van der Waals surface area contributed by atoms with E-state index in [4.69, 9.17) is 15.0 Å². The number of fused-ring (bicyclic) bond motifs is 9. The highest BCUT2D eigenvalue weighted by molar-refractivity contribution is 6.03. The second-order valence-corrected chi connectivity index (χ2v) is 31.0. The number of benzene rings is 5. The Kier molecular flexibility index (Phi) is 15.4. The minimum Gasteiger partial charge on any atom is -0.507 e. The lowest BCUT2D eigenvalue weighted by atomic mass is 9.31. The van der Waals surface area contributed by atoms with Gasteiger partial charge in [0.2, 0.25) is 0 Å². The molecular weight excluding hydrogens is 1170 g/mol. The third-order valence-electron chi connectivity index (χ3n) is 27.0. The van der Waals surface area contributed by atoms with Crippen LogP contribution in [0.4, 0.5) is 0 Å². The molecule has 2 aromatic heterocycles. The van der Waals surface area contributed by atoms with E-state index in [9.17, 15) is 30.6 Å². The predicted octanol–water partition coefficient (Wildman–Crippen LogP) is 13.8. The molecule has 13 nitrogen and oxygen atoms in total. The molecule has 2 bridgehead atoms. The standard InChI is InChI=1S/C81H94N6O7/c88-68-26-20-49(36-71(68)91)19-24-59-60-14-5-15-69(89)73(60)75(93)74(92)61(59)25-18-48-16-21-51(22-17-48)65-40-78(63-39-57-12-7-31-80(57)33-32-79-30-6-11-56(79)23-27-70(90)76(79)81(80,77(63)87-65)72-45-83-47-85-72)41-66-55(37-62(67(42-78)86-66)50-8-2-1-3-9-50)43-82-34-28-53-44-84-64-38-52-29-35-94-46-54(52)10-4-13-58(53)64/h1-3,5,8-9,14-17,19-24,26-27,36-37,44-45,47,52,54,56-57,62-63,65-67,70,76-77,82,84,86-93H,4,6-7,10-13,18,25,28-35,38-43,46H2,(H,83,85). The van der Waals surface area contributed by atoms with Crippen LogP contribution in [0.2, 0.25) is 0 Å². The van der Waals surface area contributed by atoms with Crippen LogP contribution in [0.1, 0.15) is 164 Å². The highest BCUT2D eigenvalue weighted by atomic mass is 16.5. The fraction of sp³-hybridized carbons (Fsp3) is 0.494. The Morgan fingerprint density at radius 3 is 2.46 bits per heavy atom. The van der Waals surface area contributed by atoms with Crippen molar-refractivity contribution in [2.75, 3.05) is 26.3 Å². The normalized spacial score (nSPS) is 34.8. The molecule has 4 aliphatic heterocycles.